The first-order chi connectivity index (χ1) is 15.3. The number of carbonyl (C=O) groups is 1. The molecular weight excluding hydrogens is 388 g/mol. The van der Waals surface area contributed by atoms with Crippen LogP contribution in [0.4, 0.5) is 5.82 Å². The number of fused-ring (bicyclic) bond motifs is 2. The molecule has 1 atom stereocenters. The van der Waals surface area contributed by atoms with Gasteiger partial charge < -0.3 is 15.1 Å². The number of benzene rings is 1. The van der Waals surface area contributed by atoms with E-state index in [4.69, 9.17) is 4.98 Å². The summed E-state index contributed by atoms with van der Waals surface area (Å²) in [6, 6.07) is 12.6. The van der Waals surface area contributed by atoms with Gasteiger partial charge in [-0.25, -0.2) is 4.98 Å². The number of likely N-dealkylation sites (tertiary alicyclic amines) is 1. The second-order valence-corrected chi connectivity index (χ2v) is 8.99. The number of aromatic nitrogens is 3. The van der Waals surface area contributed by atoms with Gasteiger partial charge in [-0.2, -0.15) is 9.61 Å². The second-order valence-electron chi connectivity index (χ2n) is 8.99. The van der Waals surface area contributed by atoms with Gasteiger partial charge in [0.2, 0.25) is 5.91 Å². The molecule has 5 heterocycles. The van der Waals surface area contributed by atoms with Crippen LogP contribution in [0.15, 0.2) is 42.6 Å². The highest BCUT2D eigenvalue weighted by atomic mass is 16.2. The van der Waals surface area contributed by atoms with Crippen molar-refractivity contribution in [3.63, 3.8) is 0 Å². The van der Waals surface area contributed by atoms with E-state index in [1.165, 1.54) is 16.8 Å². The number of nitrogens with zero attached hydrogens (tertiary/aromatic N) is 5. The number of anilines is 1. The molecule has 3 aliphatic rings. The smallest absolute Gasteiger partial charge is 0.229 e. The predicted octanol–water partition coefficient (Wildman–Crippen LogP) is 1.87. The summed E-state index contributed by atoms with van der Waals surface area (Å²) in [5.41, 5.74) is 4.71. The Bertz CT molecular complexity index is 1100. The van der Waals surface area contributed by atoms with E-state index in [2.05, 4.69) is 50.5 Å². The molecule has 7 nitrogen and oxygen atoms in total. The van der Waals surface area contributed by atoms with E-state index in [-0.39, 0.29) is 5.92 Å². The fourth-order valence-corrected chi connectivity index (χ4v) is 5.36. The quantitative estimate of drug-likeness (QED) is 0.706. The average Bonchev–Trinajstić information content (AvgIpc) is 3.38. The SMILES string of the molecule is O=C(C1CN(c2c3c(nc4ccnn24)CCNCC3)C1)N1CC[C@H](c2ccccc2)C1. The number of amides is 1. The van der Waals surface area contributed by atoms with Crippen LogP contribution in [0.1, 0.15) is 29.2 Å². The Labute approximate surface area is 182 Å². The van der Waals surface area contributed by atoms with Crippen molar-refractivity contribution in [2.24, 2.45) is 5.92 Å². The van der Waals surface area contributed by atoms with Crippen molar-refractivity contribution < 1.29 is 4.79 Å². The van der Waals surface area contributed by atoms with E-state index in [1.54, 1.807) is 0 Å². The van der Waals surface area contributed by atoms with E-state index in [1.807, 2.05) is 16.8 Å². The van der Waals surface area contributed by atoms with Crippen LogP contribution < -0.4 is 10.2 Å². The molecule has 1 amide bonds. The molecule has 2 fully saturated rings. The van der Waals surface area contributed by atoms with Crippen molar-refractivity contribution in [1.29, 1.82) is 0 Å². The molecule has 0 spiro atoms. The zero-order valence-corrected chi connectivity index (χ0v) is 17.7. The minimum atomic E-state index is 0.0767. The predicted molar refractivity (Wildman–Crippen MR) is 119 cm³/mol. The molecule has 160 valence electrons. The second kappa shape index (κ2) is 7.64. The van der Waals surface area contributed by atoms with Crippen molar-refractivity contribution in [3.8, 4) is 0 Å². The molecule has 0 unspecified atom stereocenters. The van der Waals surface area contributed by atoms with Crippen molar-refractivity contribution in [2.45, 2.75) is 25.2 Å². The zero-order chi connectivity index (χ0) is 20.8. The Balaban J connectivity index is 1.18. The van der Waals surface area contributed by atoms with Crippen LogP contribution in [0.25, 0.3) is 5.65 Å². The molecule has 0 radical (unpaired) electrons. The summed E-state index contributed by atoms with van der Waals surface area (Å²) in [5.74, 6) is 2.00. The molecule has 0 aliphatic carbocycles. The lowest BCUT2D eigenvalue weighted by Crippen LogP contribution is -2.55. The summed E-state index contributed by atoms with van der Waals surface area (Å²) in [5, 5.41) is 8.02. The molecule has 31 heavy (non-hydrogen) atoms. The van der Waals surface area contributed by atoms with Crippen LogP contribution in [0.2, 0.25) is 0 Å². The first kappa shape index (κ1) is 18.8. The molecule has 3 aliphatic heterocycles. The first-order valence-electron chi connectivity index (χ1n) is 11.4. The molecule has 0 saturated carbocycles. The van der Waals surface area contributed by atoms with Gasteiger partial charge in [0, 0.05) is 56.7 Å². The number of nitrogens with one attached hydrogen (secondary N) is 1. The third-order valence-corrected chi connectivity index (χ3v) is 7.08. The molecule has 3 aromatic rings. The number of hydrogen-bond acceptors (Lipinski definition) is 5. The lowest BCUT2D eigenvalue weighted by molar-refractivity contribution is -0.135. The molecule has 2 saturated heterocycles. The Morgan fingerprint density at radius 2 is 1.87 bits per heavy atom. The number of rotatable bonds is 3. The highest BCUT2D eigenvalue weighted by molar-refractivity contribution is 5.82. The Morgan fingerprint density at radius 3 is 2.74 bits per heavy atom. The third-order valence-electron chi connectivity index (χ3n) is 7.08. The monoisotopic (exact) mass is 416 g/mol. The molecule has 7 heteroatoms. The summed E-state index contributed by atoms with van der Waals surface area (Å²) in [6.07, 6.45) is 4.77. The van der Waals surface area contributed by atoms with Crippen molar-refractivity contribution in [2.75, 3.05) is 44.2 Å². The van der Waals surface area contributed by atoms with Gasteiger partial charge in [-0.3, -0.25) is 4.79 Å². The number of hydrogen-bond donors (Lipinski definition) is 1. The fraction of sp³-hybridized carbons (Fsp3) is 0.458. The lowest BCUT2D eigenvalue weighted by Gasteiger charge is -2.42. The third kappa shape index (κ3) is 3.28. The zero-order valence-electron chi connectivity index (χ0n) is 17.7. The van der Waals surface area contributed by atoms with Crippen LogP contribution >= 0.6 is 0 Å². The van der Waals surface area contributed by atoms with Crippen molar-refractivity contribution in [1.82, 2.24) is 24.8 Å². The van der Waals surface area contributed by atoms with E-state index < -0.39 is 0 Å². The van der Waals surface area contributed by atoms with Gasteiger partial charge in [0.15, 0.2) is 5.65 Å². The van der Waals surface area contributed by atoms with Gasteiger partial charge in [0.1, 0.15) is 5.82 Å². The van der Waals surface area contributed by atoms with E-state index >= 15 is 0 Å². The van der Waals surface area contributed by atoms with Crippen LogP contribution in [-0.2, 0) is 17.6 Å². The largest absolute Gasteiger partial charge is 0.354 e. The fourth-order valence-electron chi connectivity index (χ4n) is 5.36. The Kier molecular flexibility index (Phi) is 4.64. The van der Waals surface area contributed by atoms with E-state index in [0.717, 1.165) is 70.0 Å². The van der Waals surface area contributed by atoms with Crippen LogP contribution in [0.5, 0.6) is 0 Å². The van der Waals surface area contributed by atoms with Gasteiger partial charge in [-0.1, -0.05) is 30.3 Å². The minimum Gasteiger partial charge on any atom is -0.354 e. The highest BCUT2D eigenvalue weighted by Gasteiger charge is 2.40. The van der Waals surface area contributed by atoms with Gasteiger partial charge >= 0.3 is 0 Å². The summed E-state index contributed by atoms with van der Waals surface area (Å²) in [7, 11) is 0. The Morgan fingerprint density at radius 1 is 1.03 bits per heavy atom. The van der Waals surface area contributed by atoms with Crippen molar-refractivity contribution >= 4 is 17.4 Å². The Hall–Kier alpha value is -2.93. The van der Waals surface area contributed by atoms with Crippen LogP contribution in [-0.4, -0.2) is 64.7 Å². The maximum Gasteiger partial charge on any atom is 0.229 e. The van der Waals surface area contributed by atoms with Crippen LogP contribution in [0.3, 0.4) is 0 Å². The van der Waals surface area contributed by atoms with Gasteiger partial charge in [-0.05, 0) is 24.9 Å². The number of carbonyl (C=O) groups excluding carboxylic acids is 1. The topological polar surface area (TPSA) is 65.8 Å². The maximum absolute atomic E-state index is 13.2. The molecule has 2 aromatic heterocycles. The van der Waals surface area contributed by atoms with Gasteiger partial charge in [0.05, 0.1) is 17.8 Å². The van der Waals surface area contributed by atoms with E-state index in [9.17, 15) is 4.79 Å². The molecule has 6 rings (SSSR count). The standard InChI is InChI=1S/C24H28N6O/c31-24(28-13-9-18(14-28)17-4-2-1-3-5-17)19-15-29(16-19)23-20-6-10-25-11-7-21(20)27-22-8-12-26-30(22)23/h1-5,8,12,18-19,25H,6-7,9-11,13-16H2/t18-/m0/s1. The van der Waals surface area contributed by atoms with E-state index in [0.29, 0.717) is 11.8 Å². The highest BCUT2D eigenvalue weighted by Crippen LogP contribution is 2.34. The van der Waals surface area contributed by atoms with Gasteiger partial charge in [-0.15, -0.1) is 0 Å². The van der Waals surface area contributed by atoms with Gasteiger partial charge in [0.25, 0.3) is 0 Å². The molecule has 1 aromatic carbocycles. The summed E-state index contributed by atoms with van der Waals surface area (Å²) < 4.78 is 1.96. The maximum atomic E-state index is 13.2. The summed E-state index contributed by atoms with van der Waals surface area (Å²) in [6.45, 7) is 5.17. The minimum absolute atomic E-state index is 0.0767. The summed E-state index contributed by atoms with van der Waals surface area (Å²) >= 11 is 0. The summed E-state index contributed by atoms with van der Waals surface area (Å²) in [4.78, 5) is 22.5. The van der Waals surface area contributed by atoms with Crippen molar-refractivity contribution in [3.05, 3.63) is 59.4 Å². The lowest BCUT2D eigenvalue weighted by atomic mass is 9.96. The molecular formula is C24H28N6O. The normalized spacial score (nSPS) is 21.7. The average molecular weight is 417 g/mol. The molecule has 1 N–H and O–H groups in total. The molecule has 0 bridgehead atoms. The first-order valence-corrected chi connectivity index (χ1v) is 11.4. The van der Waals surface area contributed by atoms with Crippen LogP contribution in [0, 0.1) is 5.92 Å².